The number of aromatic nitrogens is 1. The monoisotopic (exact) mass is 386 g/mol. The van der Waals surface area contributed by atoms with Gasteiger partial charge in [-0.05, 0) is 38.1 Å². The highest BCUT2D eigenvalue weighted by atomic mass is 19.1. The van der Waals surface area contributed by atoms with Gasteiger partial charge < -0.3 is 19.5 Å². The van der Waals surface area contributed by atoms with Crippen molar-refractivity contribution in [1.82, 2.24) is 9.88 Å². The Balaban J connectivity index is 1.57. The molecule has 28 heavy (non-hydrogen) atoms. The molecule has 1 aromatic heterocycles. The van der Waals surface area contributed by atoms with Crippen molar-refractivity contribution in [3.8, 4) is 17.2 Å². The van der Waals surface area contributed by atoms with Crippen LogP contribution in [0.4, 0.5) is 4.39 Å². The third-order valence-corrected chi connectivity index (χ3v) is 4.71. The van der Waals surface area contributed by atoms with Crippen LogP contribution in [-0.2, 0) is 6.42 Å². The quantitative estimate of drug-likeness (QED) is 0.869. The van der Waals surface area contributed by atoms with Crippen LogP contribution in [0.5, 0.6) is 17.2 Å². The van der Waals surface area contributed by atoms with Crippen LogP contribution in [0, 0.1) is 0 Å². The zero-order valence-electron chi connectivity index (χ0n) is 15.4. The number of nitrogens with zero attached hydrogens (tertiary/aromatic N) is 2. The summed E-state index contributed by atoms with van der Waals surface area (Å²) >= 11 is 0. The van der Waals surface area contributed by atoms with Crippen LogP contribution in [0.1, 0.15) is 40.3 Å². The average Bonchev–Trinajstić information content (AvgIpc) is 2.93. The first-order valence-corrected chi connectivity index (χ1v) is 8.88. The first-order valence-electron chi connectivity index (χ1n) is 8.88. The van der Waals surface area contributed by atoms with Gasteiger partial charge in [0.15, 0.2) is 0 Å². The van der Waals surface area contributed by atoms with Gasteiger partial charge in [0.1, 0.15) is 34.7 Å². The number of fused-ring (bicyclic) bond motifs is 1. The lowest BCUT2D eigenvalue weighted by Crippen LogP contribution is -2.51. The van der Waals surface area contributed by atoms with Crippen LogP contribution in [-0.4, -0.2) is 51.7 Å². The van der Waals surface area contributed by atoms with Crippen LogP contribution in [0.2, 0.25) is 0 Å². The maximum atomic E-state index is 12.9. The van der Waals surface area contributed by atoms with Gasteiger partial charge >= 0.3 is 5.97 Å². The van der Waals surface area contributed by atoms with E-state index in [4.69, 9.17) is 9.47 Å². The van der Waals surface area contributed by atoms with E-state index in [1.54, 1.807) is 6.07 Å². The number of ether oxygens (including phenoxy) is 2. The largest absolute Gasteiger partial charge is 0.487 e. The first kappa shape index (κ1) is 18.2. The topological polar surface area (TPSA) is 89.0 Å². The summed E-state index contributed by atoms with van der Waals surface area (Å²) in [7, 11) is 0. The van der Waals surface area contributed by atoms with Crippen molar-refractivity contribution in [2.45, 2.75) is 32.0 Å². The van der Waals surface area contributed by atoms with E-state index in [1.807, 2.05) is 13.8 Å². The van der Waals surface area contributed by atoms with Crippen molar-refractivity contribution < 1.29 is 28.6 Å². The second kappa shape index (κ2) is 6.47. The molecule has 8 heteroatoms. The van der Waals surface area contributed by atoms with Crippen LogP contribution < -0.4 is 9.47 Å². The highest BCUT2D eigenvalue weighted by Gasteiger charge is 2.34. The standard InChI is InChI=1S/C20H19FN2O5/c1-20(2)7-14-16(5-11(19(25)26)6-17(14)28-20)27-13-3-4-15(22-8-13)18(24)23-9-12(21)10-23/h3-6,8,12H,7,9-10H2,1-2H3,(H,25,26). The molecular formula is C20H19FN2O5. The van der Waals surface area contributed by atoms with Gasteiger partial charge in [0.2, 0.25) is 0 Å². The lowest BCUT2D eigenvalue weighted by atomic mass is 10.00. The number of rotatable bonds is 4. The number of benzene rings is 1. The Hall–Kier alpha value is -3.16. The number of likely N-dealkylation sites (tertiary alicyclic amines) is 1. The molecule has 0 saturated carbocycles. The van der Waals surface area contributed by atoms with E-state index >= 15 is 0 Å². The number of carboxylic acid groups (broad SMARTS) is 1. The number of hydrogen-bond donors (Lipinski definition) is 1. The van der Waals surface area contributed by atoms with E-state index < -0.39 is 17.7 Å². The summed E-state index contributed by atoms with van der Waals surface area (Å²) in [6.45, 7) is 4.00. The van der Waals surface area contributed by atoms with Crippen LogP contribution in [0.25, 0.3) is 0 Å². The molecule has 0 radical (unpaired) electrons. The molecule has 3 heterocycles. The summed E-state index contributed by atoms with van der Waals surface area (Å²) in [5.74, 6) is -0.189. The van der Waals surface area contributed by atoms with E-state index in [0.717, 1.165) is 5.56 Å². The predicted molar refractivity (Wildman–Crippen MR) is 96.9 cm³/mol. The Morgan fingerprint density at radius 2 is 2.07 bits per heavy atom. The molecule has 2 aromatic rings. The van der Waals surface area contributed by atoms with Gasteiger partial charge in [0.05, 0.1) is 24.8 Å². The van der Waals surface area contributed by atoms with E-state index in [0.29, 0.717) is 23.7 Å². The average molecular weight is 386 g/mol. The zero-order valence-corrected chi connectivity index (χ0v) is 15.4. The Kier molecular flexibility index (Phi) is 4.21. The molecule has 1 aromatic carbocycles. The van der Waals surface area contributed by atoms with Crippen molar-refractivity contribution in [1.29, 1.82) is 0 Å². The number of carbonyl (C=O) groups excluding carboxylic acids is 1. The van der Waals surface area contributed by atoms with Gasteiger partial charge in [-0.3, -0.25) is 4.79 Å². The number of halogens is 1. The summed E-state index contributed by atoms with van der Waals surface area (Å²) in [4.78, 5) is 29.1. The molecule has 2 aliphatic heterocycles. The van der Waals surface area contributed by atoms with Crippen molar-refractivity contribution in [3.63, 3.8) is 0 Å². The van der Waals surface area contributed by atoms with Crippen LogP contribution >= 0.6 is 0 Å². The molecule has 1 saturated heterocycles. The van der Waals surface area contributed by atoms with E-state index in [1.165, 1.54) is 29.3 Å². The zero-order chi connectivity index (χ0) is 20.1. The SMILES string of the molecule is CC1(C)Cc2c(Oc3ccc(C(=O)N4CC(F)C4)nc3)cc(C(=O)O)cc2O1. The number of carboxylic acids is 1. The number of hydrogen-bond acceptors (Lipinski definition) is 5. The molecule has 1 fully saturated rings. The molecule has 0 unspecified atom stereocenters. The molecular weight excluding hydrogens is 367 g/mol. The lowest BCUT2D eigenvalue weighted by molar-refractivity contribution is 0.0394. The van der Waals surface area contributed by atoms with Crippen molar-refractivity contribution in [2.75, 3.05) is 13.1 Å². The van der Waals surface area contributed by atoms with Crippen LogP contribution in [0.15, 0.2) is 30.5 Å². The Morgan fingerprint density at radius 1 is 1.32 bits per heavy atom. The summed E-state index contributed by atoms with van der Waals surface area (Å²) in [6.07, 6.45) is 0.989. The minimum atomic E-state index is -1.08. The fourth-order valence-corrected chi connectivity index (χ4v) is 3.31. The molecule has 1 amide bonds. The number of carbonyl (C=O) groups is 2. The Bertz CT molecular complexity index is 952. The Morgan fingerprint density at radius 3 is 2.68 bits per heavy atom. The molecule has 0 bridgehead atoms. The van der Waals surface area contributed by atoms with Gasteiger partial charge in [-0.2, -0.15) is 0 Å². The first-order chi connectivity index (χ1) is 13.2. The lowest BCUT2D eigenvalue weighted by Gasteiger charge is -2.33. The number of aromatic carboxylic acids is 1. The van der Waals surface area contributed by atoms with Gasteiger partial charge in [-0.15, -0.1) is 0 Å². The number of amides is 1. The molecule has 1 N–H and O–H groups in total. The minimum Gasteiger partial charge on any atom is -0.487 e. The Labute approximate surface area is 160 Å². The van der Waals surface area contributed by atoms with E-state index in [9.17, 15) is 19.1 Å². The second-order valence-electron chi connectivity index (χ2n) is 7.58. The van der Waals surface area contributed by atoms with Gasteiger partial charge in [0.25, 0.3) is 5.91 Å². The molecule has 0 atom stereocenters. The summed E-state index contributed by atoms with van der Waals surface area (Å²) in [6, 6.07) is 6.02. The molecule has 7 nitrogen and oxygen atoms in total. The smallest absolute Gasteiger partial charge is 0.335 e. The van der Waals surface area contributed by atoms with Crippen molar-refractivity contribution in [2.24, 2.45) is 0 Å². The predicted octanol–water partition coefficient (Wildman–Crippen LogP) is 3.08. The minimum absolute atomic E-state index is 0.0600. The van der Waals surface area contributed by atoms with Crippen molar-refractivity contribution in [3.05, 3.63) is 47.3 Å². The molecule has 146 valence electrons. The van der Waals surface area contributed by atoms with E-state index in [-0.39, 0.29) is 30.3 Å². The fraction of sp³-hybridized carbons (Fsp3) is 0.350. The third-order valence-electron chi connectivity index (χ3n) is 4.71. The summed E-state index contributed by atoms with van der Waals surface area (Å²) < 4.78 is 24.6. The molecule has 4 rings (SSSR count). The second-order valence-corrected chi connectivity index (χ2v) is 7.58. The summed E-state index contributed by atoms with van der Waals surface area (Å²) in [5.41, 5.74) is 0.583. The fourth-order valence-electron chi connectivity index (χ4n) is 3.31. The maximum absolute atomic E-state index is 12.9. The molecule has 2 aliphatic rings. The maximum Gasteiger partial charge on any atom is 0.335 e. The number of pyridine rings is 1. The number of alkyl halides is 1. The normalized spacial score (nSPS) is 17.5. The van der Waals surface area contributed by atoms with Gasteiger partial charge in [-0.25, -0.2) is 14.2 Å². The summed E-state index contributed by atoms with van der Waals surface area (Å²) in [5, 5.41) is 9.34. The van der Waals surface area contributed by atoms with Crippen molar-refractivity contribution >= 4 is 11.9 Å². The van der Waals surface area contributed by atoms with Gasteiger partial charge in [-0.1, -0.05) is 0 Å². The van der Waals surface area contributed by atoms with Crippen LogP contribution in [0.3, 0.4) is 0 Å². The van der Waals surface area contributed by atoms with Gasteiger partial charge in [0, 0.05) is 12.0 Å². The van der Waals surface area contributed by atoms with E-state index in [2.05, 4.69) is 4.98 Å². The molecule has 0 spiro atoms. The highest BCUT2D eigenvalue weighted by Crippen LogP contribution is 2.42. The highest BCUT2D eigenvalue weighted by molar-refractivity contribution is 5.93. The molecule has 0 aliphatic carbocycles. The third kappa shape index (κ3) is 3.37.